The van der Waals surface area contributed by atoms with Crippen molar-refractivity contribution >= 4 is 5.91 Å². The number of hydrogen-bond donors (Lipinski definition) is 1. The van der Waals surface area contributed by atoms with Gasteiger partial charge in [-0.3, -0.25) is 9.69 Å². The molecule has 1 atom stereocenters. The van der Waals surface area contributed by atoms with E-state index in [0.717, 1.165) is 44.9 Å². The molecule has 23 heavy (non-hydrogen) atoms. The minimum Gasteiger partial charge on any atom is -0.497 e. The molecule has 5 heteroatoms. The van der Waals surface area contributed by atoms with Gasteiger partial charge in [-0.2, -0.15) is 0 Å². The lowest BCUT2D eigenvalue weighted by molar-refractivity contribution is -0.133. The fraction of sp³-hybridized carbons (Fsp3) is 0.611. The van der Waals surface area contributed by atoms with Crippen molar-refractivity contribution in [2.45, 2.75) is 25.8 Å². The molecule has 0 bridgehead atoms. The van der Waals surface area contributed by atoms with E-state index in [9.17, 15) is 4.79 Å². The van der Waals surface area contributed by atoms with E-state index in [1.54, 1.807) is 7.11 Å². The number of amides is 1. The molecule has 1 aliphatic rings. The molecule has 0 spiro atoms. The van der Waals surface area contributed by atoms with Gasteiger partial charge < -0.3 is 15.0 Å². The van der Waals surface area contributed by atoms with Crippen LogP contribution >= 0.6 is 0 Å². The lowest BCUT2D eigenvalue weighted by Gasteiger charge is -2.38. The molecular weight excluding hydrogens is 290 g/mol. The SMILES string of the molecule is CNCCCC(=O)N1CCN(C(C)c2cccc(OC)c2)CC1. The van der Waals surface area contributed by atoms with E-state index in [4.69, 9.17) is 4.74 Å². The molecule has 128 valence electrons. The summed E-state index contributed by atoms with van der Waals surface area (Å²) in [6.07, 6.45) is 1.56. The van der Waals surface area contributed by atoms with Gasteiger partial charge in [0.2, 0.25) is 5.91 Å². The third kappa shape index (κ3) is 4.94. The number of rotatable bonds is 7. The third-order valence-electron chi connectivity index (χ3n) is 4.61. The Hall–Kier alpha value is -1.59. The topological polar surface area (TPSA) is 44.8 Å². The van der Waals surface area contributed by atoms with Crippen LogP contribution in [0.25, 0.3) is 0 Å². The molecule has 0 aromatic heterocycles. The van der Waals surface area contributed by atoms with Crippen LogP contribution in [0.5, 0.6) is 5.75 Å². The molecule has 1 unspecified atom stereocenters. The Labute approximate surface area is 139 Å². The Morgan fingerprint density at radius 2 is 2.04 bits per heavy atom. The molecule has 0 radical (unpaired) electrons. The second kappa shape index (κ2) is 8.89. The van der Waals surface area contributed by atoms with Crippen LogP contribution in [0, 0.1) is 0 Å². The number of carbonyl (C=O) groups excluding carboxylic acids is 1. The van der Waals surface area contributed by atoms with Gasteiger partial charge in [0, 0.05) is 38.6 Å². The van der Waals surface area contributed by atoms with Crippen molar-refractivity contribution in [2.24, 2.45) is 0 Å². The minimum atomic E-state index is 0.286. The number of carbonyl (C=O) groups is 1. The average molecular weight is 319 g/mol. The molecule has 1 aromatic carbocycles. The first-order valence-electron chi connectivity index (χ1n) is 8.46. The lowest BCUT2D eigenvalue weighted by Crippen LogP contribution is -2.49. The Bertz CT molecular complexity index is 499. The van der Waals surface area contributed by atoms with Gasteiger partial charge in [-0.05, 0) is 44.6 Å². The standard InChI is InChI=1S/C18H29N3O2/c1-15(16-6-4-7-17(14-16)23-3)20-10-12-21(13-11-20)18(22)8-5-9-19-2/h4,6-7,14-15,19H,5,8-13H2,1-3H3. The number of benzene rings is 1. The maximum atomic E-state index is 12.2. The fourth-order valence-electron chi connectivity index (χ4n) is 3.05. The van der Waals surface area contributed by atoms with E-state index in [-0.39, 0.29) is 5.91 Å². The zero-order valence-electron chi connectivity index (χ0n) is 14.5. The predicted molar refractivity (Wildman–Crippen MR) is 92.7 cm³/mol. The molecule has 1 N–H and O–H groups in total. The smallest absolute Gasteiger partial charge is 0.222 e. The fourth-order valence-corrected chi connectivity index (χ4v) is 3.05. The molecule has 1 fully saturated rings. The zero-order valence-corrected chi connectivity index (χ0v) is 14.5. The van der Waals surface area contributed by atoms with Gasteiger partial charge >= 0.3 is 0 Å². The summed E-state index contributed by atoms with van der Waals surface area (Å²) in [6.45, 7) is 6.63. The number of nitrogens with one attached hydrogen (secondary N) is 1. The van der Waals surface area contributed by atoms with Crippen molar-refractivity contribution < 1.29 is 9.53 Å². The van der Waals surface area contributed by atoms with E-state index >= 15 is 0 Å². The van der Waals surface area contributed by atoms with Crippen molar-refractivity contribution in [3.63, 3.8) is 0 Å². The van der Waals surface area contributed by atoms with Crippen LogP contribution in [0.4, 0.5) is 0 Å². The van der Waals surface area contributed by atoms with Crippen LogP contribution in [-0.2, 0) is 4.79 Å². The van der Waals surface area contributed by atoms with E-state index in [2.05, 4.69) is 29.3 Å². The van der Waals surface area contributed by atoms with Crippen LogP contribution in [0.1, 0.15) is 31.4 Å². The van der Waals surface area contributed by atoms with Gasteiger partial charge in [-0.1, -0.05) is 12.1 Å². The van der Waals surface area contributed by atoms with Crippen molar-refractivity contribution in [3.8, 4) is 5.75 Å². The molecule has 1 aliphatic heterocycles. The van der Waals surface area contributed by atoms with Gasteiger partial charge in [0.25, 0.3) is 0 Å². The second-order valence-corrected chi connectivity index (χ2v) is 6.08. The molecule has 1 aromatic rings. The van der Waals surface area contributed by atoms with Crippen molar-refractivity contribution in [3.05, 3.63) is 29.8 Å². The summed E-state index contributed by atoms with van der Waals surface area (Å²) in [7, 11) is 3.62. The van der Waals surface area contributed by atoms with Gasteiger partial charge in [0.05, 0.1) is 7.11 Å². The largest absolute Gasteiger partial charge is 0.497 e. The van der Waals surface area contributed by atoms with Gasteiger partial charge in [0.1, 0.15) is 5.75 Å². The van der Waals surface area contributed by atoms with Crippen LogP contribution in [0.2, 0.25) is 0 Å². The highest BCUT2D eigenvalue weighted by Crippen LogP contribution is 2.24. The minimum absolute atomic E-state index is 0.286. The average Bonchev–Trinajstić information content (AvgIpc) is 2.61. The molecule has 0 aliphatic carbocycles. The quantitative estimate of drug-likeness (QED) is 0.780. The van der Waals surface area contributed by atoms with Crippen LogP contribution in [0.15, 0.2) is 24.3 Å². The predicted octanol–water partition coefficient (Wildman–Crippen LogP) is 1.90. The zero-order chi connectivity index (χ0) is 16.7. The molecule has 1 heterocycles. The van der Waals surface area contributed by atoms with E-state index in [1.807, 2.05) is 24.1 Å². The monoisotopic (exact) mass is 319 g/mol. The van der Waals surface area contributed by atoms with Crippen molar-refractivity contribution in [2.75, 3.05) is 46.9 Å². The number of nitrogens with zero attached hydrogens (tertiary/aromatic N) is 2. The Morgan fingerprint density at radius 3 is 2.70 bits per heavy atom. The number of ether oxygens (including phenoxy) is 1. The summed E-state index contributed by atoms with van der Waals surface area (Å²) in [6, 6.07) is 8.58. The Kier molecular flexibility index (Phi) is 6.86. The molecular formula is C18H29N3O2. The number of piperazine rings is 1. The van der Waals surface area contributed by atoms with Gasteiger partial charge in [0.15, 0.2) is 0 Å². The van der Waals surface area contributed by atoms with Crippen LogP contribution in [-0.4, -0.2) is 62.6 Å². The highest BCUT2D eigenvalue weighted by Gasteiger charge is 2.24. The third-order valence-corrected chi connectivity index (χ3v) is 4.61. The maximum absolute atomic E-state index is 12.2. The lowest BCUT2D eigenvalue weighted by atomic mass is 10.1. The van der Waals surface area contributed by atoms with Gasteiger partial charge in [-0.15, -0.1) is 0 Å². The number of methoxy groups -OCH3 is 1. The molecule has 5 nitrogen and oxygen atoms in total. The Morgan fingerprint density at radius 1 is 1.30 bits per heavy atom. The summed E-state index contributed by atoms with van der Waals surface area (Å²) in [5, 5.41) is 3.09. The highest BCUT2D eigenvalue weighted by molar-refractivity contribution is 5.76. The normalized spacial score (nSPS) is 17.1. The molecule has 1 amide bonds. The summed E-state index contributed by atoms with van der Waals surface area (Å²) < 4.78 is 5.31. The van der Waals surface area contributed by atoms with Crippen molar-refractivity contribution in [1.82, 2.24) is 15.1 Å². The first kappa shape index (κ1) is 17.8. The van der Waals surface area contributed by atoms with E-state index in [0.29, 0.717) is 12.5 Å². The maximum Gasteiger partial charge on any atom is 0.222 e. The summed E-state index contributed by atoms with van der Waals surface area (Å²) in [5.41, 5.74) is 1.26. The van der Waals surface area contributed by atoms with E-state index < -0.39 is 0 Å². The molecule has 0 saturated carbocycles. The summed E-state index contributed by atoms with van der Waals surface area (Å²) >= 11 is 0. The highest BCUT2D eigenvalue weighted by atomic mass is 16.5. The number of hydrogen-bond acceptors (Lipinski definition) is 4. The van der Waals surface area contributed by atoms with Crippen molar-refractivity contribution in [1.29, 1.82) is 0 Å². The first-order valence-corrected chi connectivity index (χ1v) is 8.46. The Balaban J connectivity index is 1.84. The van der Waals surface area contributed by atoms with Gasteiger partial charge in [-0.25, -0.2) is 0 Å². The second-order valence-electron chi connectivity index (χ2n) is 6.08. The molecule has 1 saturated heterocycles. The first-order chi connectivity index (χ1) is 11.2. The van der Waals surface area contributed by atoms with Crippen LogP contribution in [0.3, 0.4) is 0 Å². The van der Waals surface area contributed by atoms with Crippen LogP contribution < -0.4 is 10.1 Å². The summed E-state index contributed by atoms with van der Waals surface area (Å²) in [4.78, 5) is 16.6. The molecule has 2 rings (SSSR count). The van der Waals surface area contributed by atoms with E-state index in [1.165, 1.54) is 5.56 Å². The summed E-state index contributed by atoms with van der Waals surface area (Å²) in [5.74, 6) is 1.18.